The fourth-order valence-corrected chi connectivity index (χ4v) is 2.32. The Labute approximate surface area is 76.5 Å². The third kappa shape index (κ3) is 1.71. The van der Waals surface area contributed by atoms with Crippen LogP contribution in [0.1, 0.15) is 27.7 Å². The zero-order chi connectivity index (χ0) is 9.35. The average Bonchev–Trinajstić information content (AvgIpc) is 2.25. The van der Waals surface area contributed by atoms with E-state index in [0.717, 1.165) is 0 Å². The quantitative estimate of drug-likeness (QED) is 0.571. The summed E-state index contributed by atoms with van der Waals surface area (Å²) in [6, 6.07) is 0. The minimum Gasteiger partial charge on any atom is -0.302 e. The minimum absolute atomic E-state index is 0.432. The van der Waals surface area contributed by atoms with Crippen LogP contribution in [0.25, 0.3) is 0 Å². The monoisotopic (exact) mass is 167 g/mol. The Morgan fingerprint density at radius 1 is 1.58 bits per heavy atom. The molecule has 1 heterocycles. The SMILES string of the molecule is C=C(C)[C@H]1CN(CC)CC1(C)C. The topological polar surface area (TPSA) is 3.24 Å². The zero-order valence-electron chi connectivity index (χ0n) is 8.85. The Bertz CT molecular complexity index is 181. The van der Waals surface area contributed by atoms with E-state index < -0.39 is 0 Å². The first-order valence-electron chi connectivity index (χ1n) is 4.85. The fraction of sp³-hybridized carbons (Fsp3) is 0.818. The summed E-state index contributed by atoms with van der Waals surface area (Å²) >= 11 is 0. The molecule has 0 bridgehead atoms. The van der Waals surface area contributed by atoms with Crippen molar-refractivity contribution in [3.8, 4) is 0 Å². The molecule has 1 rings (SSSR count). The summed E-state index contributed by atoms with van der Waals surface area (Å²) in [7, 11) is 0. The van der Waals surface area contributed by atoms with Crippen molar-refractivity contribution in [3.63, 3.8) is 0 Å². The van der Waals surface area contributed by atoms with Crippen molar-refractivity contribution in [2.75, 3.05) is 19.6 Å². The zero-order valence-corrected chi connectivity index (χ0v) is 8.85. The maximum atomic E-state index is 4.07. The molecule has 0 aliphatic carbocycles. The smallest absolute Gasteiger partial charge is 0.00525 e. The van der Waals surface area contributed by atoms with Crippen LogP contribution >= 0.6 is 0 Å². The minimum atomic E-state index is 0.432. The molecule has 12 heavy (non-hydrogen) atoms. The van der Waals surface area contributed by atoms with Crippen LogP contribution < -0.4 is 0 Å². The number of hydrogen-bond acceptors (Lipinski definition) is 1. The number of likely N-dealkylation sites (tertiary alicyclic amines) is 1. The lowest BCUT2D eigenvalue weighted by Crippen LogP contribution is -2.23. The Kier molecular flexibility index (Phi) is 2.62. The third-order valence-corrected chi connectivity index (χ3v) is 3.06. The Balaban J connectivity index is 2.70. The fourth-order valence-electron chi connectivity index (χ4n) is 2.32. The van der Waals surface area contributed by atoms with Gasteiger partial charge in [-0.1, -0.05) is 32.9 Å². The van der Waals surface area contributed by atoms with E-state index in [0.29, 0.717) is 11.3 Å². The van der Waals surface area contributed by atoms with Gasteiger partial charge in [0.25, 0.3) is 0 Å². The van der Waals surface area contributed by atoms with Gasteiger partial charge in [-0.25, -0.2) is 0 Å². The van der Waals surface area contributed by atoms with Crippen molar-refractivity contribution < 1.29 is 0 Å². The van der Waals surface area contributed by atoms with Crippen LogP contribution in [-0.2, 0) is 0 Å². The number of hydrogen-bond donors (Lipinski definition) is 0. The van der Waals surface area contributed by atoms with Gasteiger partial charge in [0.1, 0.15) is 0 Å². The van der Waals surface area contributed by atoms with E-state index in [9.17, 15) is 0 Å². The average molecular weight is 167 g/mol. The highest BCUT2D eigenvalue weighted by molar-refractivity contribution is 5.07. The summed E-state index contributed by atoms with van der Waals surface area (Å²) in [5, 5.41) is 0. The molecule has 0 saturated carbocycles. The van der Waals surface area contributed by atoms with Crippen molar-refractivity contribution in [2.24, 2.45) is 11.3 Å². The van der Waals surface area contributed by atoms with E-state index in [-0.39, 0.29) is 0 Å². The van der Waals surface area contributed by atoms with E-state index >= 15 is 0 Å². The number of nitrogens with zero attached hydrogens (tertiary/aromatic N) is 1. The molecule has 0 spiro atoms. The van der Waals surface area contributed by atoms with Crippen LogP contribution in [0.15, 0.2) is 12.2 Å². The lowest BCUT2D eigenvalue weighted by molar-refractivity contribution is 0.291. The molecule has 0 unspecified atom stereocenters. The van der Waals surface area contributed by atoms with E-state index in [1.807, 2.05) is 0 Å². The van der Waals surface area contributed by atoms with Crippen LogP contribution in [0, 0.1) is 11.3 Å². The van der Waals surface area contributed by atoms with Gasteiger partial charge >= 0.3 is 0 Å². The van der Waals surface area contributed by atoms with Gasteiger partial charge in [0, 0.05) is 13.1 Å². The van der Waals surface area contributed by atoms with Gasteiger partial charge in [-0.05, 0) is 24.8 Å². The van der Waals surface area contributed by atoms with E-state index in [2.05, 4.69) is 39.2 Å². The highest BCUT2D eigenvalue weighted by atomic mass is 15.2. The Hall–Kier alpha value is -0.300. The van der Waals surface area contributed by atoms with E-state index in [1.54, 1.807) is 0 Å². The predicted octanol–water partition coefficient (Wildman–Crippen LogP) is 2.54. The molecule has 0 amide bonds. The van der Waals surface area contributed by atoms with Crippen LogP contribution in [0.5, 0.6) is 0 Å². The molecule has 1 aliphatic heterocycles. The van der Waals surface area contributed by atoms with Crippen molar-refractivity contribution in [1.29, 1.82) is 0 Å². The van der Waals surface area contributed by atoms with Crippen LogP contribution in [0.3, 0.4) is 0 Å². The molecule has 0 radical (unpaired) electrons. The molecule has 0 aromatic heterocycles. The van der Waals surface area contributed by atoms with Gasteiger partial charge in [0.05, 0.1) is 0 Å². The second kappa shape index (κ2) is 3.21. The molecule has 0 N–H and O–H groups in total. The molecule has 0 aromatic carbocycles. The predicted molar refractivity (Wildman–Crippen MR) is 54.2 cm³/mol. The highest BCUT2D eigenvalue weighted by Crippen LogP contribution is 2.38. The van der Waals surface area contributed by atoms with E-state index in [1.165, 1.54) is 25.2 Å². The molecule has 1 atom stereocenters. The highest BCUT2D eigenvalue weighted by Gasteiger charge is 2.38. The van der Waals surface area contributed by atoms with Crippen LogP contribution in [0.2, 0.25) is 0 Å². The largest absolute Gasteiger partial charge is 0.302 e. The molecule has 0 aromatic rings. The first-order valence-corrected chi connectivity index (χ1v) is 4.85. The molecule has 1 fully saturated rings. The van der Waals surface area contributed by atoms with Gasteiger partial charge in [-0.3, -0.25) is 0 Å². The first kappa shape index (κ1) is 9.79. The Morgan fingerprint density at radius 3 is 2.42 bits per heavy atom. The van der Waals surface area contributed by atoms with Gasteiger partial charge in [-0.2, -0.15) is 0 Å². The summed E-state index contributed by atoms with van der Waals surface area (Å²) < 4.78 is 0. The lowest BCUT2D eigenvalue weighted by Gasteiger charge is -2.25. The normalized spacial score (nSPS) is 29.2. The van der Waals surface area contributed by atoms with Crippen LogP contribution in [-0.4, -0.2) is 24.5 Å². The summed E-state index contributed by atoms with van der Waals surface area (Å²) in [6.45, 7) is 16.8. The summed E-state index contributed by atoms with van der Waals surface area (Å²) in [4.78, 5) is 2.51. The maximum absolute atomic E-state index is 4.07. The molecular weight excluding hydrogens is 146 g/mol. The Morgan fingerprint density at radius 2 is 2.17 bits per heavy atom. The van der Waals surface area contributed by atoms with Gasteiger partial charge in [-0.15, -0.1) is 0 Å². The third-order valence-electron chi connectivity index (χ3n) is 3.06. The van der Waals surface area contributed by atoms with Gasteiger partial charge < -0.3 is 4.90 Å². The van der Waals surface area contributed by atoms with Gasteiger partial charge in [0.2, 0.25) is 0 Å². The first-order chi connectivity index (χ1) is 5.47. The summed E-state index contributed by atoms with van der Waals surface area (Å²) in [5.41, 5.74) is 1.78. The molecule has 1 saturated heterocycles. The van der Waals surface area contributed by atoms with Crippen molar-refractivity contribution >= 4 is 0 Å². The summed E-state index contributed by atoms with van der Waals surface area (Å²) in [5.74, 6) is 0.692. The molecular formula is C11H21N. The molecule has 1 nitrogen and oxygen atoms in total. The standard InChI is InChI=1S/C11H21N/c1-6-12-7-10(9(2)3)11(4,5)8-12/h10H,2,6-8H2,1,3-5H3/t10-/m1/s1. The van der Waals surface area contributed by atoms with Gasteiger partial charge in [0.15, 0.2) is 0 Å². The van der Waals surface area contributed by atoms with Crippen molar-refractivity contribution in [3.05, 3.63) is 12.2 Å². The van der Waals surface area contributed by atoms with Crippen molar-refractivity contribution in [1.82, 2.24) is 4.90 Å². The summed E-state index contributed by atoms with van der Waals surface area (Å²) in [6.07, 6.45) is 0. The second-order valence-electron chi connectivity index (χ2n) is 4.72. The molecule has 1 aliphatic rings. The molecule has 70 valence electrons. The maximum Gasteiger partial charge on any atom is 0.00525 e. The second-order valence-corrected chi connectivity index (χ2v) is 4.72. The van der Waals surface area contributed by atoms with Crippen molar-refractivity contribution in [2.45, 2.75) is 27.7 Å². The lowest BCUT2D eigenvalue weighted by atomic mass is 9.78. The molecule has 1 heteroatoms. The number of rotatable bonds is 2. The van der Waals surface area contributed by atoms with E-state index in [4.69, 9.17) is 0 Å². The van der Waals surface area contributed by atoms with Crippen LogP contribution in [0.4, 0.5) is 0 Å².